The van der Waals surface area contributed by atoms with Crippen molar-refractivity contribution in [1.29, 1.82) is 0 Å². The van der Waals surface area contributed by atoms with Crippen LogP contribution in [0.4, 0.5) is 0 Å². The molecule has 2 aromatic carbocycles. The Hall–Kier alpha value is -2.42. The fourth-order valence-corrected chi connectivity index (χ4v) is 1.90. The van der Waals surface area contributed by atoms with Crippen LogP contribution >= 0.6 is 0 Å². The van der Waals surface area contributed by atoms with Crippen molar-refractivity contribution in [1.82, 2.24) is 0 Å². The van der Waals surface area contributed by atoms with Gasteiger partial charge in [0.25, 0.3) is 0 Å². The molecule has 0 aliphatic carbocycles. The van der Waals surface area contributed by atoms with E-state index in [0.717, 1.165) is 6.29 Å². The quantitative estimate of drug-likeness (QED) is 0.594. The van der Waals surface area contributed by atoms with Gasteiger partial charge in [0.1, 0.15) is 12.0 Å². The molecular weight excluding hydrogens is 252 g/mol. The number of benzene rings is 2. The van der Waals surface area contributed by atoms with Crippen molar-refractivity contribution in [3.05, 3.63) is 65.7 Å². The lowest BCUT2D eigenvalue weighted by Crippen LogP contribution is -2.26. The zero-order valence-corrected chi connectivity index (χ0v) is 11.3. The van der Waals surface area contributed by atoms with E-state index in [4.69, 9.17) is 4.74 Å². The Balaban J connectivity index is 2.12. The topological polar surface area (TPSA) is 43.4 Å². The monoisotopic (exact) mass is 268 g/mol. The van der Waals surface area contributed by atoms with Crippen LogP contribution in [-0.2, 0) is 0 Å². The maximum atomic E-state index is 12.3. The summed E-state index contributed by atoms with van der Waals surface area (Å²) in [6.07, 6.45) is 0.846. The third-order valence-electron chi connectivity index (χ3n) is 3.02. The average Bonchev–Trinajstić information content (AvgIpc) is 2.53. The minimum absolute atomic E-state index is 0.0347. The average molecular weight is 268 g/mol. The normalized spacial score (nSPS) is 11.7. The maximum Gasteiger partial charge on any atom is 0.203 e. The largest absolute Gasteiger partial charge is 0.482 e. The molecule has 0 saturated carbocycles. The second-order valence-electron chi connectivity index (χ2n) is 4.43. The highest BCUT2D eigenvalue weighted by molar-refractivity contribution is 5.99. The Kier molecular flexibility index (Phi) is 4.66. The third-order valence-corrected chi connectivity index (χ3v) is 3.02. The lowest BCUT2D eigenvalue weighted by Gasteiger charge is -2.16. The number of hydrogen-bond acceptors (Lipinski definition) is 3. The Labute approximate surface area is 118 Å². The van der Waals surface area contributed by atoms with Crippen molar-refractivity contribution in [3.63, 3.8) is 0 Å². The van der Waals surface area contributed by atoms with Crippen molar-refractivity contribution < 1.29 is 14.3 Å². The SMILES string of the molecule is CCC(Oc1ccc(C=O)cc1)C(=O)c1ccccc1. The molecule has 2 aromatic rings. The van der Waals surface area contributed by atoms with Gasteiger partial charge in [-0.2, -0.15) is 0 Å². The van der Waals surface area contributed by atoms with Crippen molar-refractivity contribution in [2.75, 3.05) is 0 Å². The predicted octanol–water partition coefficient (Wildman–Crippen LogP) is 3.54. The summed E-state index contributed by atoms with van der Waals surface area (Å²) in [6, 6.07) is 15.8. The van der Waals surface area contributed by atoms with Crippen LogP contribution in [0.5, 0.6) is 5.75 Å². The van der Waals surface area contributed by atoms with Gasteiger partial charge in [0.2, 0.25) is 5.78 Å². The van der Waals surface area contributed by atoms with Gasteiger partial charge in [-0.05, 0) is 30.7 Å². The predicted molar refractivity (Wildman–Crippen MR) is 77.3 cm³/mol. The second kappa shape index (κ2) is 6.66. The minimum atomic E-state index is -0.514. The molecule has 0 spiro atoms. The fraction of sp³-hybridized carbons (Fsp3) is 0.176. The Morgan fingerprint density at radius 2 is 1.75 bits per heavy atom. The molecule has 1 unspecified atom stereocenters. The van der Waals surface area contributed by atoms with Crippen LogP contribution in [0.1, 0.15) is 34.1 Å². The van der Waals surface area contributed by atoms with Crippen molar-refractivity contribution in [2.45, 2.75) is 19.4 Å². The molecule has 0 saturated heterocycles. The fourth-order valence-electron chi connectivity index (χ4n) is 1.90. The highest BCUT2D eigenvalue weighted by atomic mass is 16.5. The summed E-state index contributed by atoms with van der Waals surface area (Å²) in [5.74, 6) is 0.555. The van der Waals surface area contributed by atoms with Gasteiger partial charge in [-0.25, -0.2) is 0 Å². The summed E-state index contributed by atoms with van der Waals surface area (Å²) in [7, 11) is 0. The maximum absolute atomic E-state index is 12.3. The Bertz CT molecular complexity index is 573. The van der Waals surface area contributed by atoms with E-state index in [-0.39, 0.29) is 5.78 Å². The van der Waals surface area contributed by atoms with Gasteiger partial charge in [0, 0.05) is 11.1 Å². The molecule has 0 aromatic heterocycles. The minimum Gasteiger partial charge on any atom is -0.482 e. The molecule has 3 nitrogen and oxygen atoms in total. The number of aldehydes is 1. The third kappa shape index (κ3) is 3.32. The van der Waals surface area contributed by atoms with Gasteiger partial charge in [-0.1, -0.05) is 37.3 Å². The van der Waals surface area contributed by atoms with Crippen LogP contribution in [0, 0.1) is 0 Å². The zero-order chi connectivity index (χ0) is 14.4. The number of hydrogen-bond donors (Lipinski definition) is 0. The molecule has 102 valence electrons. The molecule has 1 atom stereocenters. The molecule has 0 aliphatic rings. The van der Waals surface area contributed by atoms with E-state index in [1.807, 2.05) is 25.1 Å². The molecule has 0 bridgehead atoms. The Morgan fingerprint density at radius 3 is 2.30 bits per heavy atom. The van der Waals surface area contributed by atoms with Crippen molar-refractivity contribution in [2.24, 2.45) is 0 Å². The van der Waals surface area contributed by atoms with Gasteiger partial charge in [0.15, 0.2) is 6.10 Å². The van der Waals surface area contributed by atoms with E-state index >= 15 is 0 Å². The summed E-state index contributed by atoms with van der Waals surface area (Å²) in [5.41, 5.74) is 1.23. The molecule has 0 N–H and O–H groups in total. The first-order chi connectivity index (χ1) is 9.74. The van der Waals surface area contributed by atoms with Crippen molar-refractivity contribution in [3.8, 4) is 5.75 Å². The molecule has 0 fully saturated rings. The van der Waals surface area contributed by atoms with Gasteiger partial charge < -0.3 is 4.74 Å². The number of ketones is 1. The van der Waals surface area contributed by atoms with Gasteiger partial charge in [-0.15, -0.1) is 0 Å². The van der Waals surface area contributed by atoms with Gasteiger partial charge in [-0.3, -0.25) is 9.59 Å². The summed E-state index contributed by atoms with van der Waals surface area (Å²) in [6.45, 7) is 1.91. The number of carbonyl (C=O) groups excluding carboxylic acids is 2. The molecule has 20 heavy (non-hydrogen) atoms. The number of ether oxygens (including phenoxy) is 1. The summed E-state index contributed by atoms with van der Waals surface area (Å²) < 4.78 is 5.71. The molecule has 0 radical (unpaired) electrons. The van der Waals surface area contributed by atoms with Crippen LogP contribution in [0.25, 0.3) is 0 Å². The number of carbonyl (C=O) groups is 2. The van der Waals surface area contributed by atoms with Gasteiger partial charge >= 0.3 is 0 Å². The summed E-state index contributed by atoms with van der Waals surface area (Å²) in [5, 5.41) is 0. The van der Waals surface area contributed by atoms with Crippen LogP contribution in [0.3, 0.4) is 0 Å². The van der Waals surface area contributed by atoms with Crippen LogP contribution in [0.2, 0.25) is 0 Å². The van der Waals surface area contributed by atoms with E-state index in [9.17, 15) is 9.59 Å². The smallest absolute Gasteiger partial charge is 0.203 e. The molecule has 0 amide bonds. The van der Waals surface area contributed by atoms with E-state index in [1.54, 1.807) is 36.4 Å². The van der Waals surface area contributed by atoms with Crippen LogP contribution in [-0.4, -0.2) is 18.2 Å². The zero-order valence-electron chi connectivity index (χ0n) is 11.3. The van der Waals surface area contributed by atoms with Crippen molar-refractivity contribution >= 4 is 12.1 Å². The first-order valence-electron chi connectivity index (χ1n) is 6.55. The first kappa shape index (κ1) is 14.0. The molecule has 2 rings (SSSR count). The van der Waals surface area contributed by atoms with E-state index in [2.05, 4.69) is 0 Å². The number of rotatable bonds is 6. The molecule has 0 aliphatic heterocycles. The first-order valence-corrected chi connectivity index (χ1v) is 6.55. The standard InChI is InChI=1S/C17H16O3/c1-2-16(17(19)14-6-4-3-5-7-14)20-15-10-8-13(12-18)9-11-15/h3-12,16H,2H2,1H3. The van der Waals surface area contributed by atoms with Gasteiger partial charge in [0.05, 0.1) is 0 Å². The van der Waals surface area contributed by atoms with E-state index in [0.29, 0.717) is 23.3 Å². The lowest BCUT2D eigenvalue weighted by atomic mass is 10.0. The molecule has 3 heteroatoms. The summed E-state index contributed by atoms with van der Waals surface area (Å²) in [4.78, 5) is 22.9. The van der Waals surface area contributed by atoms with E-state index < -0.39 is 6.10 Å². The highest BCUT2D eigenvalue weighted by Gasteiger charge is 2.19. The van der Waals surface area contributed by atoms with Crippen LogP contribution in [0.15, 0.2) is 54.6 Å². The highest BCUT2D eigenvalue weighted by Crippen LogP contribution is 2.17. The molecule has 0 heterocycles. The molecular formula is C17H16O3. The Morgan fingerprint density at radius 1 is 1.10 bits per heavy atom. The number of Topliss-reactive ketones (excluding diaryl/α,β-unsaturated/α-hetero) is 1. The second-order valence-corrected chi connectivity index (χ2v) is 4.43. The lowest BCUT2D eigenvalue weighted by molar-refractivity contribution is 0.0786. The van der Waals surface area contributed by atoms with Crippen LogP contribution < -0.4 is 4.74 Å². The van der Waals surface area contributed by atoms with E-state index in [1.165, 1.54) is 0 Å². The summed E-state index contributed by atoms with van der Waals surface area (Å²) >= 11 is 0.